The maximum absolute atomic E-state index is 12.0. The Labute approximate surface area is 121 Å². The summed E-state index contributed by atoms with van der Waals surface area (Å²) in [5, 5.41) is 1.93. The van der Waals surface area contributed by atoms with Crippen LogP contribution in [0.4, 0.5) is 0 Å². The molecule has 2 heterocycles. The fourth-order valence-corrected chi connectivity index (χ4v) is 3.29. The number of aryl methyl sites for hydroxylation is 1. The molecule has 2 rings (SSSR count). The van der Waals surface area contributed by atoms with Gasteiger partial charge in [-0.15, -0.1) is 11.3 Å². The zero-order valence-electron chi connectivity index (χ0n) is 10.8. The van der Waals surface area contributed by atoms with E-state index in [4.69, 9.17) is 5.73 Å². The zero-order chi connectivity index (χ0) is 14.6. The number of aromatic amines is 1. The second-order valence-corrected chi connectivity index (χ2v) is 6.70. The first kappa shape index (κ1) is 14.7. The Bertz CT molecular complexity index is 750. The molecule has 2 aromatic rings. The fourth-order valence-electron chi connectivity index (χ4n) is 1.47. The van der Waals surface area contributed by atoms with E-state index in [9.17, 15) is 8.42 Å². The van der Waals surface area contributed by atoms with Gasteiger partial charge in [0, 0.05) is 22.4 Å². The Morgan fingerprint density at radius 3 is 3.00 bits per heavy atom. The van der Waals surface area contributed by atoms with Gasteiger partial charge in [-0.3, -0.25) is 0 Å². The number of H-pyrrole nitrogens is 1. The van der Waals surface area contributed by atoms with E-state index in [0.29, 0.717) is 12.4 Å². The molecule has 0 aromatic carbocycles. The number of sulfonamides is 1. The van der Waals surface area contributed by atoms with Gasteiger partial charge in [0.2, 0.25) is 0 Å². The van der Waals surface area contributed by atoms with E-state index in [1.807, 2.05) is 11.4 Å². The molecule has 0 saturated heterocycles. The molecular formula is C12H14N4O2S2. The van der Waals surface area contributed by atoms with Gasteiger partial charge >= 0.3 is 0 Å². The van der Waals surface area contributed by atoms with Crippen molar-refractivity contribution < 1.29 is 8.42 Å². The van der Waals surface area contributed by atoms with E-state index in [2.05, 4.69) is 26.5 Å². The van der Waals surface area contributed by atoms with Gasteiger partial charge in [0.25, 0.3) is 10.0 Å². The number of rotatable bonds is 4. The van der Waals surface area contributed by atoms with Crippen LogP contribution in [0.5, 0.6) is 0 Å². The van der Waals surface area contributed by atoms with Crippen molar-refractivity contribution in [2.75, 3.05) is 6.54 Å². The number of nitrogens with zero attached hydrogens (tertiary/aromatic N) is 1. The highest BCUT2D eigenvalue weighted by Gasteiger charge is 2.16. The highest BCUT2D eigenvalue weighted by molar-refractivity contribution is 7.89. The molecule has 4 N–H and O–H groups in total. The van der Waals surface area contributed by atoms with Crippen LogP contribution in [0, 0.1) is 18.8 Å². The van der Waals surface area contributed by atoms with Gasteiger partial charge in [0.15, 0.2) is 5.03 Å². The quantitative estimate of drug-likeness (QED) is 0.719. The van der Waals surface area contributed by atoms with Gasteiger partial charge in [-0.05, 0) is 13.0 Å². The summed E-state index contributed by atoms with van der Waals surface area (Å²) in [7, 11) is -3.56. The molecule has 0 aliphatic carbocycles. The van der Waals surface area contributed by atoms with E-state index < -0.39 is 10.0 Å². The summed E-state index contributed by atoms with van der Waals surface area (Å²) in [6, 6.07) is 1.84. The molecule has 106 valence electrons. The number of nitrogens with one attached hydrogen (secondary N) is 2. The molecule has 0 aliphatic rings. The van der Waals surface area contributed by atoms with Gasteiger partial charge in [-0.25, -0.2) is 18.1 Å². The van der Waals surface area contributed by atoms with E-state index in [-0.39, 0.29) is 11.6 Å². The van der Waals surface area contributed by atoms with Crippen LogP contribution in [0.3, 0.4) is 0 Å². The maximum Gasteiger partial charge on any atom is 0.257 e. The molecule has 0 atom stereocenters. The van der Waals surface area contributed by atoms with Crippen molar-refractivity contribution in [3.63, 3.8) is 0 Å². The van der Waals surface area contributed by atoms with Gasteiger partial charge in [-0.2, -0.15) is 0 Å². The lowest BCUT2D eigenvalue weighted by molar-refractivity contribution is 0.578. The van der Waals surface area contributed by atoms with Crippen molar-refractivity contribution in [1.82, 2.24) is 14.7 Å². The summed E-state index contributed by atoms with van der Waals surface area (Å²) in [5.74, 6) is 6.21. The Morgan fingerprint density at radius 2 is 2.35 bits per heavy atom. The molecule has 2 aromatic heterocycles. The molecule has 6 nitrogen and oxygen atoms in total. The predicted octanol–water partition coefficient (Wildman–Crippen LogP) is 0.568. The summed E-state index contributed by atoms with van der Waals surface area (Å²) < 4.78 is 26.5. The largest absolute Gasteiger partial charge is 0.332 e. The lowest BCUT2D eigenvalue weighted by Crippen LogP contribution is -2.23. The first-order chi connectivity index (χ1) is 9.51. The molecule has 0 fully saturated rings. The van der Waals surface area contributed by atoms with Gasteiger partial charge in [0.1, 0.15) is 5.82 Å². The zero-order valence-corrected chi connectivity index (χ0v) is 12.4. The van der Waals surface area contributed by atoms with Crippen LogP contribution in [0.2, 0.25) is 0 Å². The van der Waals surface area contributed by atoms with E-state index in [1.54, 1.807) is 6.92 Å². The number of thiophene rings is 1. The van der Waals surface area contributed by atoms with E-state index in [0.717, 1.165) is 10.4 Å². The summed E-state index contributed by atoms with van der Waals surface area (Å²) >= 11 is 1.44. The van der Waals surface area contributed by atoms with E-state index in [1.165, 1.54) is 17.5 Å². The van der Waals surface area contributed by atoms with Crippen LogP contribution in [0.15, 0.2) is 22.7 Å². The molecule has 0 bridgehead atoms. The number of hydrogen-bond donors (Lipinski definition) is 3. The molecule has 20 heavy (non-hydrogen) atoms. The minimum absolute atomic E-state index is 0.0645. The van der Waals surface area contributed by atoms with Gasteiger partial charge in [0.05, 0.1) is 12.7 Å². The number of imidazole rings is 1. The summed E-state index contributed by atoms with van der Waals surface area (Å²) in [4.78, 5) is 7.45. The average molecular weight is 310 g/mol. The molecule has 8 heteroatoms. The monoisotopic (exact) mass is 310 g/mol. The van der Waals surface area contributed by atoms with Crippen LogP contribution in [-0.2, 0) is 16.6 Å². The molecule has 0 saturated carbocycles. The third kappa shape index (κ3) is 3.68. The summed E-state index contributed by atoms with van der Waals surface area (Å²) in [6.07, 6.45) is 1.30. The molecule has 0 unspecified atom stereocenters. The highest BCUT2D eigenvalue weighted by Crippen LogP contribution is 2.14. The Balaban J connectivity index is 2.03. The lowest BCUT2D eigenvalue weighted by atomic mass is 10.3. The van der Waals surface area contributed by atoms with Gasteiger partial charge in [-0.1, -0.05) is 11.8 Å². The third-order valence-corrected chi connectivity index (χ3v) is 4.64. The van der Waals surface area contributed by atoms with Crippen LogP contribution in [0.1, 0.15) is 16.3 Å². The predicted molar refractivity (Wildman–Crippen MR) is 77.6 cm³/mol. The normalized spacial score (nSPS) is 11.1. The van der Waals surface area contributed by atoms with Crippen LogP contribution < -0.4 is 10.5 Å². The van der Waals surface area contributed by atoms with Crippen molar-refractivity contribution in [2.24, 2.45) is 5.73 Å². The molecule has 0 radical (unpaired) electrons. The molecule has 0 amide bonds. The Morgan fingerprint density at radius 1 is 1.55 bits per heavy atom. The standard InChI is InChI=1S/C12H14N4O2S2/c1-9-14-7-12(16-9)20(17,18)15-6-11-5-10(8-19-11)3-2-4-13/h5,7-8,15H,4,6,13H2,1H3,(H,14,16). The first-order valence-electron chi connectivity index (χ1n) is 5.79. The minimum Gasteiger partial charge on any atom is -0.332 e. The topological polar surface area (TPSA) is 101 Å². The van der Waals surface area contributed by atoms with Gasteiger partial charge < -0.3 is 10.7 Å². The van der Waals surface area contributed by atoms with Crippen molar-refractivity contribution in [3.05, 3.63) is 33.9 Å². The second-order valence-electron chi connectivity index (χ2n) is 3.97. The average Bonchev–Trinajstić information content (AvgIpc) is 3.03. The maximum atomic E-state index is 12.0. The number of hydrogen-bond acceptors (Lipinski definition) is 5. The number of aromatic nitrogens is 2. The van der Waals surface area contributed by atoms with E-state index >= 15 is 0 Å². The third-order valence-electron chi connectivity index (χ3n) is 2.39. The summed E-state index contributed by atoms with van der Waals surface area (Å²) in [6.45, 7) is 2.22. The summed E-state index contributed by atoms with van der Waals surface area (Å²) in [5.41, 5.74) is 6.13. The highest BCUT2D eigenvalue weighted by atomic mass is 32.2. The van der Waals surface area contributed by atoms with Crippen molar-refractivity contribution in [3.8, 4) is 11.8 Å². The lowest BCUT2D eigenvalue weighted by Gasteiger charge is -2.02. The second kappa shape index (κ2) is 6.19. The van der Waals surface area contributed by atoms with Crippen molar-refractivity contribution >= 4 is 21.4 Å². The smallest absolute Gasteiger partial charge is 0.257 e. The fraction of sp³-hybridized carbons (Fsp3) is 0.250. The van der Waals surface area contributed by atoms with Crippen LogP contribution >= 0.6 is 11.3 Å². The SMILES string of the molecule is Cc1ncc(S(=O)(=O)NCc2cc(C#CCN)cs2)[nH]1. The number of nitrogens with two attached hydrogens (primary N) is 1. The molecule has 0 aliphatic heterocycles. The molecular weight excluding hydrogens is 296 g/mol. The van der Waals surface area contributed by atoms with Crippen LogP contribution in [0.25, 0.3) is 0 Å². The Kier molecular flexibility index (Phi) is 4.57. The Hall–Kier alpha value is -1.66. The van der Waals surface area contributed by atoms with Crippen molar-refractivity contribution in [1.29, 1.82) is 0 Å². The first-order valence-corrected chi connectivity index (χ1v) is 8.15. The molecule has 0 spiro atoms. The van der Waals surface area contributed by atoms with Crippen molar-refractivity contribution in [2.45, 2.75) is 18.5 Å². The van der Waals surface area contributed by atoms with Crippen LogP contribution in [-0.4, -0.2) is 24.9 Å². The minimum atomic E-state index is -3.56.